The first-order valence-corrected chi connectivity index (χ1v) is 7.42. The lowest BCUT2D eigenvalue weighted by atomic mass is 10.0. The Morgan fingerprint density at radius 1 is 0.900 bits per heavy atom. The number of likely N-dealkylation sites (tertiary alicyclic amines) is 1. The highest BCUT2D eigenvalue weighted by molar-refractivity contribution is 5.81. The maximum Gasteiger partial charge on any atom is 0.0448 e. The molecule has 20 heavy (non-hydrogen) atoms. The molecule has 0 aromatic heterocycles. The molecule has 1 heteroatoms. The first-order chi connectivity index (χ1) is 9.84. The average molecular weight is 263 g/mol. The summed E-state index contributed by atoms with van der Waals surface area (Å²) in [5, 5.41) is 0. The highest BCUT2D eigenvalue weighted by atomic mass is 15.1. The SMILES string of the molecule is Cc1ccccc1C(=Cc1ccccc1)N1CCCC1. The van der Waals surface area contributed by atoms with E-state index in [2.05, 4.69) is 72.5 Å². The molecule has 0 aliphatic carbocycles. The number of hydrogen-bond donors (Lipinski definition) is 0. The van der Waals surface area contributed by atoms with Crippen molar-refractivity contribution < 1.29 is 0 Å². The lowest BCUT2D eigenvalue weighted by Gasteiger charge is -2.23. The molecule has 1 aliphatic heterocycles. The summed E-state index contributed by atoms with van der Waals surface area (Å²) in [7, 11) is 0. The van der Waals surface area contributed by atoms with Crippen LogP contribution < -0.4 is 0 Å². The number of nitrogens with zero attached hydrogens (tertiary/aromatic N) is 1. The highest BCUT2D eigenvalue weighted by Crippen LogP contribution is 2.28. The second-order valence-electron chi connectivity index (χ2n) is 5.45. The summed E-state index contributed by atoms with van der Waals surface area (Å²) < 4.78 is 0. The standard InChI is InChI=1S/C19H21N/c1-16-9-5-6-12-18(16)19(20-13-7-8-14-20)15-17-10-3-2-4-11-17/h2-6,9-12,15H,7-8,13-14H2,1H3. The van der Waals surface area contributed by atoms with E-state index in [0.29, 0.717) is 0 Å². The molecule has 1 saturated heterocycles. The Bertz CT molecular complexity index is 592. The average Bonchev–Trinajstić information content (AvgIpc) is 3.01. The molecule has 2 aromatic rings. The van der Waals surface area contributed by atoms with Crippen molar-refractivity contribution in [2.45, 2.75) is 19.8 Å². The topological polar surface area (TPSA) is 3.24 Å². The maximum absolute atomic E-state index is 2.52. The largest absolute Gasteiger partial charge is 0.371 e. The fourth-order valence-electron chi connectivity index (χ4n) is 2.86. The van der Waals surface area contributed by atoms with Gasteiger partial charge in [-0.15, -0.1) is 0 Å². The molecule has 1 nitrogen and oxygen atoms in total. The second-order valence-corrected chi connectivity index (χ2v) is 5.45. The Labute approximate surface area is 121 Å². The van der Waals surface area contributed by atoms with E-state index in [1.807, 2.05) is 0 Å². The predicted octanol–water partition coefficient (Wildman–Crippen LogP) is 4.59. The number of benzene rings is 2. The molecule has 0 saturated carbocycles. The van der Waals surface area contributed by atoms with Crippen molar-refractivity contribution >= 4 is 11.8 Å². The monoisotopic (exact) mass is 263 g/mol. The summed E-state index contributed by atoms with van der Waals surface area (Å²) in [6, 6.07) is 19.3. The van der Waals surface area contributed by atoms with Crippen molar-refractivity contribution in [3.8, 4) is 0 Å². The second kappa shape index (κ2) is 5.96. The Morgan fingerprint density at radius 3 is 2.25 bits per heavy atom. The first kappa shape index (κ1) is 13.0. The molecule has 1 aliphatic rings. The van der Waals surface area contributed by atoms with Gasteiger partial charge in [0.2, 0.25) is 0 Å². The predicted molar refractivity (Wildman–Crippen MR) is 86.3 cm³/mol. The Balaban J connectivity index is 2.04. The van der Waals surface area contributed by atoms with E-state index in [-0.39, 0.29) is 0 Å². The maximum atomic E-state index is 2.52. The Morgan fingerprint density at radius 2 is 1.55 bits per heavy atom. The number of aryl methyl sites for hydroxylation is 1. The minimum absolute atomic E-state index is 1.17. The molecule has 1 fully saturated rings. The Hall–Kier alpha value is -2.02. The summed E-state index contributed by atoms with van der Waals surface area (Å²) in [4.78, 5) is 2.52. The molecule has 1 heterocycles. The summed E-state index contributed by atoms with van der Waals surface area (Å²) in [5.74, 6) is 0. The Kier molecular flexibility index (Phi) is 3.87. The van der Waals surface area contributed by atoms with E-state index in [0.717, 1.165) is 0 Å². The van der Waals surface area contributed by atoms with E-state index < -0.39 is 0 Å². The zero-order valence-corrected chi connectivity index (χ0v) is 12.0. The smallest absolute Gasteiger partial charge is 0.0448 e. The molecule has 3 rings (SSSR count). The van der Waals surface area contributed by atoms with Crippen LogP contribution >= 0.6 is 0 Å². The van der Waals surface area contributed by atoms with Gasteiger partial charge in [0, 0.05) is 24.4 Å². The van der Waals surface area contributed by atoms with Crippen molar-refractivity contribution in [1.29, 1.82) is 0 Å². The minimum atomic E-state index is 1.17. The first-order valence-electron chi connectivity index (χ1n) is 7.42. The molecule has 0 radical (unpaired) electrons. The molecule has 0 N–H and O–H groups in total. The van der Waals surface area contributed by atoms with Crippen molar-refractivity contribution in [3.05, 3.63) is 71.3 Å². The van der Waals surface area contributed by atoms with Crippen molar-refractivity contribution in [2.24, 2.45) is 0 Å². The zero-order valence-electron chi connectivity index (χ0n) is 12.0. The van der Waals surface area contributed by atoms with Crippen LogP contribution in [-0.4, -0.2) is 18.0 Å². The molecule has 2 aromatic carbocycles. The molecule has 0 bridgehead atoms. The molecule has 0 atom stereocenters. The highest BCUT2D eigenvalue weighted by Gasteiger charge is 2.17. The van der Waals surface area contributed by atoms with Crippen LogP contribution in [0.5, 0.6) is 0 Å². The van der Waals surface area contributed by atoms with E-state index in [4.69, 9.17) is 0 Å². The van der Waals surface area contributed by atoms with E-state index in [1.165, 1.54) is 48.3 Å². The van der Waals surface area contributed by atoms with Crippen molar-refractivity contribution in [3.63, 3.8) is 0 Å². The van der Waals surface area contributed by atoms with Gasteiger partial charge in [-0.1, -0.05) is 54.6 Å². The van der Waals surface area contributed by atoms with E-state index >= 15 is 0 Å². The van der Waals surface area contributed by atoms with Crippen LogP contribution in [-0.2, 0) is 0 Å². The normalized spacial score (nSPS) is 15.7. The van der Waals surface area contributed by atoms with Crippen molar-refractivity contribution in [2.75, 3.05) is 13.1 Å². The molecule has 102 valence electrons. The summed E-state index contributed by atoms with van der Waals surface area (Å²) in [5.41, 5.74) is 5.35. The van der Waals surface area contributed by atoms with Crippen LogP contribution in [0.4, 0.5) is 0 Å². The van der Waals surface area contributed by atoms with Crippen LogP contribution in [0.3, 0.4) is 0 Å². The third-order valence-corrected chi connectivity index (χ3v) is 3.97. The summed E-state index contributed by atoms with van der Waals surface area (Å²) in [6.45, 7) is 4.55. The molecular formula is C19H21N. The van der Waals surface area contributed by atoms with Crippen LogP contribution in [0, 0.1) is 6.92 Å². The summed E-state index contributed by atoms with van der Waals surface area (Å²) >= 11 is 0. The van der Waals surface area contributed by atoms with Crippen LogP contribution in [0.2, 0.25) is 0 Å². The molecule has 0 amide bonds. The van der Waals surface area contributed by atoms with Gasteiger partial charge >= 0.3 is 0 Å². The van der Waals surface area contributed by atoms with Gasteiger partial charge in [0.05, 0.1) is 0 Å². The molecular weight excluding hydrogens is 242 g/mol. The summed E-state index contributed by atoms with van der Waals surface area (Å²) in [6.07, 6.45) is 4.93. The van der Waals surface area contributed by atoms with E-state index in [1.54, 1.807) is 0 Å². The van der Waals surface area contributed by atoms with Gasteiger partial charge < -0.3 is 4.90 Å². The number of rotatable bonds is 3. The lowest BCUT2D eigenvalue weighted by molar-refractivity contribution is 0.495. The van der Waals surface area contributed by atoms with Crippen molar-refractivity contribution in [1.82, 2.24) is 4.90 Å². The van der Waals surface area contributed by atoms with Gasteiger partial charge in [0.1, 0.15) is 0 Å². The van der Waals surface area contributed by atoms with E-state index in [9.17, 15) is 0 Å². The van der Waals surface area contributed by atoms with Crippen LogP contribution in [0.1, 0.15) is 29.5 Å². The lowest BCUT2D eigenvalue weighted by Crippen LogP contribution is -2.18. The van der Waals surface area contributed by atoms with Gasteiger partial charge in [-0.05, 0) is 37.0 Å². The van der Waals surface area contributed by atoms with Crippen LogP contribution in [0.15, 0.2) is 54.6 Å². The number of hydrogen-bond acceptors (Lipinski definition) is 1. The molecule has 0 spiro atoms. The minimum Gasteiger partial charge on any atom is -0.371 e. The third kappa shape index (κ3) is 2.77. The molecule has 0 unspecified atom stereocenters. The van der Waals surface area contributed by atoms with Gasteiger partial charge in [0.15, 0.2) is 0 Å². The fourth-order valence-corrected chi connectivity index (χ4v) is 2.86. The third-order valence-electron chi connectivity index (χ3n) is 3.97. The fraction of sp³-hybridized carbons (Fsp3) is 0.263. The quantitative estimate of drug-likeness (QED) is 0.732. The van der Waals surface area contributed by atoms with Gasteiger partial charge in [-0.2, -0.15) is 0 Å². The van der Waals surface area contributed by atoms with Gasteiger partial charge in [0.25, 0.3) is 0 Å². The zero-order chi connectivity index (χ0) is 13.8. The van der Waals surface area contributed by atoms with Gasteiger partial charge in [-0.25, -0.2) is 0 Å². The van der Waals surface area contributed by atoms with Crippen LogP contribution in [0.25, 0.3) is 11.8 Å². The van der Waals surface area contributed by atoms with Gasteiger partial charge in [-0.3, -0.25) is 0 Å².